The maximum atomic E-state index is 13.5. The van der Waals surface area contributed by atoms with Gasteiger partial charge in [0.2, 0.25) is 0 Å². The quantitative estimate of drug-likeness (QED) is 0.267. The van der Waals surface area contributed by atoms with Crippen molar-refractivity contribution >= 4 is 40.8 Å². The van der Waals surface area contributed by atoms with Crippen molar-refractivity contribution in [1.29, 1.82) is 0 Å². The smallest absolute Gasteiger partial charge is 0.317 e. The van der Waals surface area contributed by atoms with Gasteiger partial charge in [0.15, 0.2) is 11.6 Å². The minimum Gasteiger partial charge on any atom is -0.459 e. The summed E-state index contributed by atoms with van der Waals surface area (Å²) in [5.74, 6) is -1.87. The van der Waals surface area contributed by atoms with E-state index in [1.807, 2.05) is 24.3 Å². The Morgan fingerprint density at radius 2 is 1.69 bits per heavy atom. The van der Waals surface area contributed by atoms with Gasteiger partial charge >= 0.3 is 6.01 Å². The van der Waals surface area contributed by atoms with E-state index < -0.39 is 11.6 Å². The minimum absolute atomic E-state index is 0.0271. The fraction of sp³-hybridized carbons (Fsp3) is 0.0417. The molecule has 4 aromatic rings. The van der Waals surface area contributed by atoms with E-state index >= 15 is 0 Å². The number of nitrogens with zero attached hydrogens (tertiary/aromatic N) is 2. The third-order valence-corrected chi connectivity index (χ3v) is 5.49. The van der Waals surface area contributed by atoms with Crippen molar-refractivity contribution in [3.05, 3.63) is 99.7 Å². The van der Waals surface area contributed by atoms with E-state index in [-0.39, 0.29) is 12.6 Å². The van der Waals surface area contributed by atoms with E-state index in [1.165, 1.54) is 6.07 Å². The number of hydrogen-bond acceptors (Lipinski definition) is 4. The van der Waals surface area contributed by atoms with Crippen LogP contribution in [0.1, 0.15) is 11.1 Å². The molecule has 32 heavy (non-hydrogen) atoms. The average molecular weight is 487 g/mol. The highest BCUT2D eigenvalue weighted by molar-refractivity contribution is 7.79. The second-order valence-electron chi connectivity index (χ2n) is 6.82. The van der Waals surface area contributed by atoms with E-state index in [9.17, 15) is 8.78 Å². The third kappa shape index (κ3) is 4.93. The van der Waals surface area contributed by atoms with Crippen molar-refractivity contribution in [2.24, 2.45) is 0 Å². The number of halogens is 4. The summed E-state index contributed by atoms with van der Waals surface area (Å²) in [5, 5.41) is 2.63. The number of hydrogen-bond donors (Lipinski definition) is 0. The van der Waals surface area contributed by atoms with Crippen molar-refractivity contribution in [3.63, 3.8) is 0 Å². The fourth-order valence-electron chi connectivity index (χ4n) is 3.06. The van der Waals surface area contributed by atoms with Crippen LogP contribution in [-0.4, -0.2) is 15.3 Å². The van der Waals surface area contributed by atoms with E-state index in [0.29, 0.717) is 26.9 Å². The Morgan fingerprint density at radius 1 is 0.906 bits per heavy atom. The topological polar surface area (TPSA) is 35.0 Å². The molecule has 1 heterocycles. The molecule has 3 nitrogen and oxygen atoms in total. The van der Waals surface area contributed by atoms with Crippen molar-refractivity contribution in [3.8, 4) is 28.4 Å². The molecule has 0 bridgehead atoms. The Kier molecular flexibility index (Phi) is 6.74. The monoisotopic (exact) mass is 486 g/mol. The second kappa shape index (κ2) is 9.69. The zero-order chi connectivity index (χ0) is 22.7. The maximum Gasteiger partial charge on any atom is 0.317 e. The predicted octanol–water partition coefficient (Wildman–Crippen LogP) is 7.32. The van der Waals surface area contributed by atoms with Gasteiger partial charge in [0, 0.05) is 38.3 Å². The summed E-state index contributed by atoms with van der Waals surface area (Å²) in [4.78, 5) is 8.84. The lowest BCUT2D eigenvalue weighted by Crippen LogP contribution is -2.02. The molecule has 0 N–H and O–H groups in total. The third-order valence-electron chi connectivity index (χ3n) is 4.66. The zero-order valence-electron chi connectivity index (χ0n) is 16.4. The minimum atomic E-state index is -0.946. The summed E-state index contributed by atoms with van der Waals surface area (Å²) in [7, 11) is 0. The van der Waals surface area contributed by atoms with Gasteiger partial charge in [-0.3, -0.25) is 0 Å². The Balaban J connectivity index is 1.73. The van der Waals surface area contributed by atoms with Gasteiger partial charge in [-0.1, -0.05) is 65.8 Å². The molecule has 0 radical (unpaired) electrons. The van der Waals surface area contributed by atoms with Crippen LogP contribution in [0.2, 0.25) is 10.0 Å². The van der Waals surface area contributed by atoms with E-state index in [0.717, 1.165) is 28.8 Å². The van der Waals surface area contributed by atoms with Crippen LogP contribution in [0.3, 0.4) is 0 Å². The lowest BCUT2D eigenvalue weighted by molar-refractivity contribution is 0.280. The first-order chi connectivity index (χ1) is 15.4. The maximum absolute atomic E-state index is 13.5. The molecular formula is C24H14Cl2F2N2OS. The van der Waals surface area contributed by atoms with E-state index in [1.54, 1.807) is 29.8 Å². The van der Waals surface area contributed by atoms with Crippen LogP contribution >= 0.6 is 35.4 Å². The van der Waals surface area contributed by atoms with Crippen molar-refractivity contribution < 1.29 is 13.5 Å². The summed E-state index contributed by atoms with van der Waals surface area (Å²) in [5.41, 5.74) is 4.03. The molecule has 0 amide bonds. The molecule has 0 aliphatic carbocycles. The first kappa shape index (κ1) is 22.3. The highest BCUT2D eigenvalue weighted by Crippen LogP contribution is 2.36. The van der Waals surface area contributed by atoms with Crippen LogP contribution in [0, 0.1) is 11.6 Å². The summed E-state index contributed by atoms with van der Waals surface area (Å²) >= 11 is 17.5. The van der Waals surface area contributed by atoms with Crippen LogP contribution in [0.15, 0.2) is 66.9 Å². The standard InChI is InChI=1S/C24H14Cl2F2N2OS/c25-17-5-3-16(4-6-17)23-19(18-7-1-15(13-32)9-20(18)26)11-29-24(30-23)31-12-14-2-8-21(27)22(28)10-14/h1-11,13H,12H2. The summed E-state index contributed by atoms with van der Waals surface area (Å²) in [6, 6.07) is 16.3. The van der Waals surface area contributed by atoms with Gasteiger partial charge in [-0.15, -0.1) is 0 Å². The molecule has 0 atom stereocenters. The molecular weight excluding hydrogens is 473 g/mol. The molecule has 160 valence electrons. The van der Waals surface area contributed by atoms with Gasteiger partial charge in [-0.2, -0.15) is 4.98 Å². The number of benzene rings is 3. The molecule has 0 spiro atoms. The molecule has 4 rings (SSSR count). The molecule has 0 unspecified atom stereocenters. The number of ether oxygens (including phenoxy) is 1. The summed E-state index contributed by atoms with van der Waals surface area (Å²) in [6.07, 6.45) is 1.61. The lowest BCUT2D eigenvalue weighted by Gasteiger charge is -2.13. The molecule has 3 aromatic carbocycles. The molecule has 0 aliphatic heterocycles. The zero-order valence-corrected chi connectivity index (χ0v) is 18.7. The van der Waals surface area contributed by atoms with Crippen LogP contribution in [0.25, 0.3) is 22.4 Å². The van der Waals surface area contributed by atoms with Crippen LogP contribution < -0.4 is 4.74 Å². The molecule has 0 saturated heterocycles. The molecule has 8 heteroatoms. The Hall–Kier alpha value is -2.93. The highest BCUT2D eigenvalue weighted by Gasteiger charge is 2.15. The first-order valence-electron chi connectivity index (χ1n) is 9.39. The average Bonchev–Trinajstić information content (AvgIpc) is 2.80. The van der Waals surface area contributed by atoms with Gasteiger partial charge in [-0.05, 0) is 41.5 Å². The Labute approximate surface area is 198 Å². The normalized spacial score (nSPS) is 10.8. The van der Waals surface area contributed by atoms with Crippen molar-refractivity contribution in [2.75, 3.05) is 0 Å². The van der Waals surface area contributed by atoms with E-state index in [2.05, 4.69) is 9.97 Å². The molecule has 1 aromatic heterocycles. The van der Waals surface area contributed by atoms with Gasteiger partial charge in [0.25, 0.3) is 0 Å². The molecule has 0 saturated carbocycles. The highest BCUT2D eigenvalue weighted by atomic mass is 35.5. The SMILES string of the molecule is Fc1ccc(COc2ncc(-c3ccc(C=S)cc3Cl)c(-c3ccc(Cl)cc3)n2)cc1F. The lowest BCUT2D eigenvalue weighted by atomic mass is 10.00. The Bertz CT molecular complexity index is 1300. The number of rotatable bonds is 6. The van der Waals surface area contributed by atoms with E-state index in [4.69, 9.17) is 40.2 Å². The second-order valence-corrected chi connectivity index (χ2v) is 7.90. The summed E-state index contributed by atoms with van der Waals surface area (Å²) < 4.78 is 32.3. The van der Waals surface area contributed by atoms with Gasteiger partial charge in [0.05, 0.1) is 5.69 Å². The van der Waals surface area contributed by atoms with Crippen LogP contribution in [0.5, 0.6) is 6.01 Å². The van der Waals surface area contributed by atoms with Crippen molar-refractivity contribution in [1.82, 2.24) is 9.97 Å². The fourth-order valence-corrected chi connectivity index (χ4v) is 3.62. The van der Waals surface area contributed by atoms with Crippen LogP contribution in [0.4, 0.5) is 8.78 Å². The summed E-state index contributed by atoms with van der Waals surface area (Å²) in [6.45, 7) is -0.0271. The molecule has 0 fully saturated rings. The molecule has 0 aliphatic rings. The van der Waals surface area contributed by atoms with Gasteiger partial charge < -0.3 is 4.74 Å². The van der Waals surface area contributed by atoms with Gasteiger partial charge in [0.1, 0.15) is 6.61 Å². The Morgan fingerprint density at radius 3 is 2.38 bits per heavy atom. The van der Waals surface area contributed by atoms with Gasteiger partial charge in [-0.25, -0.2) is 13.8 Å². The number of thiocarbonyl (C=S) groups is 1. The van der Waals surface area contributed by atoms with Crippen LogP contribution in [-0.2, 0) is 6.61 Å². The largest absolute Gasteiger partial charge is 0.459 e. The van der Waals surface area contributed by atoms with Crippen molar-refractivity contribution in [2.45, 2.75) is 6.61 Å². The predicted molar refractivity (Wildman–Crippen MR) is 126 cm³/mol. The number of aromatic nitrogens is 2. The first-order valence-corrected chi connectivity index (χ1v) is 10.6.